The number of nitrogens with one attached hydrogen (secondary N) is 1. The molecule has 2 heterocycles. The second-order valence-corrected chi connectivity index (χ2v) is 5.02. The molecule has 1 fully saturated rings. The molecule has 3 nitrogen and oxygen atoms in total. The fraction of sp³-hybridized carbons (Fsp3) is 0.400. The topological polar surface area (TPSA) is 29.9 Å². The van der Waals surface area contributed by atoms with Crippen LogP contribution >= 0.6 is 0 Å². The molecular weight excluding hydrogens is 222 g/mol. The smallest absolute Gasteiger partial charge is 0.0648 e. The van der Waals surface area contributed by atoms with E-state index in [-0.39, 0.29) is 0 Å². The lowest BCUT2D eigenvalue weighted by Crippen LogP contribution is -2.28. The summed E-state index contributed by atoms with van der Waals surface area (Å²) in [6.07, 6.45) is 4.42. The van der Waals surface area contributed by atoms with E-state index in [2.05, 4.69) is 41.6 Å². The number of aromatic nitrogens is 2. The van der Waals surface area contributed by atoms with Crippen LogP contribution in [0.3, 0.4) is 0 Å². The predicted octanol–water partition coefficient (Wildman–Crippen LogP) is 2.65. The number of rotatable bonds is 2. The van der Waals surface area contributed by atoms with Gasteiger partial charge in [-0.2, -0.15) is 5.10 Å². The molecule has 1 N–H and O–H groups in total. The van der Waals surface area contributed by atoms with Gasteiger partial charge in [0.2, 0.25) is 0 Å². The summed E-state index contributed by atoms with van der Waals surface area (Å²) < 4.78 is 1.98. The van der Waals surface area contributed by atoms with Gasteiger partial charge in [-0.3, -0.25) is 0 Å². The number of benzene rings is 1. The third kappa shape index (κ3) is 2.18. The van der Waals surface area contributed by atoms with Crippen LogP contribution in [0.15, 0.2) is 36.5 Å². The molecule has 0 saturated carbocycles. The van der Waals surface area contributed by atoms with Gasteiger partial charge in [0.15, 0.2) is 0 Å². The minimum Gasteiger partial charge on any atom is -0.316 e. The number of hydrogen-bond acceptors (Lipinski definition) is 2. The molecule has 1 unspecified atom stereocenters. The van der Waals surface area contributed by atoms with Crippen LogP contribution in [0.25, 0.3) is 5.69 Å². The molecule has 0 radical (unpaired) electrons. The third-order valence-corrected chi connectivity index (χ3v) is 3.74. The van der Waals surface area contributed by atoms with Crippen molar-refractivity contribution in [3.63, 3.8) is 0 Å². The summed E-state index contributed by atoms with van der Waals surface area (Å²) in [7, 11) is 0. The largest absolute Gasteiger partial charge is 0.316 e. The summed E-state index contributed by atoms with van der Waals surface area (Å²) >= 11 is 0. The molecular formula is C15H19N3. The molecule has 2 aromatic rings. The SMILES string of the molecule is Cc1ccnn1-c1ccc(C2CCCNC2)cc1. The lowest BCUT2D eigenvalue weighted by Gasteiger charge is -2.23. The predicted molar refractivity (Wildman–Crippen MR) is 73.1 cm³/mol. The zero-order valence-corrected chi connectivity index (χ0v) is 10.8. The highest BCUT2D eigenvalue weighted by molar-refractivity contribution is 5.36. The van der Waals surface area contributed by atoms with Crippen LogP contribution in [-0.4, -0.2) is 22.9 Å². The zero-order valence-electron chi connectivity index (χ0n) is 10.8. The molecule has 1 aromatic heterocycles. The molecule has 1 atom stereocenters. The van der Waals surface area contributed by atoms with E-state index in [9.17, 15) is 0 Å². The van der Waals surface area contributed by atoms with Crippen LogP contribution in [0.4, 0.5) is 0 Å². The van der Waals surface area contributed by atoms with E-state index < -0.39 is 0 Å². The van der Waals surface area contributed by atoms with Gasteiger partial charge in [0.05, 0.1) is 5.69 Å². The van der Waals surface area contributed by atoms with Crippen molar-refractivity contribution in [1.29, 1.82) is 0 Å². The number of piperidine rings is 1. The van der Waals surface area contributed by atoms with Crippen molar-refractivity contribution in [3.05, 3.63) is 47.8 Å². The molecule has 0 bridgehead atoms. The highest BCUT2D eigenvalue weighted by atomic mass is 15.3. The van der Waals surface area contributed by atoms with Crippen molar-refractivity contribution in [3.8, 4) is 5.69 Å². The van der Waals surface area contributed by atoms with Gasteiger partial charge in [-0.05, 0) is 56.0 Å². The minimum atomic E-state index is 0.673. The Labute approximate surface area is 108 Å². The molecule has 1 aliphatic heterocycles. The van der Waals surface area contributed by atoms with Crippen LogP contribution in [0.5, 0.6) is 0 Å². The molecule has 3 rings (SSSR count). The van der Waals surface area contributed by atoms with E-state index in [0.29, 0.717) is 5.92 Å². The maximum Gasteiger partial charge on any atom is 0.0648 e. The van der Waals surface area contributed by atoms with Crippen molar-refractivity contribution in [1.82, 2.24) is 15.1 Å². The number of hydrogen-bond donors (Lipinski definition) is 1. The second-order valence-electron chi connectivity index (χ2n) is 5.02. The molecule has 1 aliphatic rings. The molecule has 18 heavy (non-hydrogen) atoms. The van der Waals surface area contributed by atoms with Crippen molar-refractivity contribution in [2.75, 3.05) is 13.1 Å². The Morgan fingerprint density at radius 1 is 1.22 bits per heavy atom. The maximum absolute atomic E-state index is 4.33. The first-order valence-electron chi connectivity index (χ1n) is 6.66. The molecule has 1 aromatic carbocycles. The van der Waals surface area contributed by atoms with E-state index >= 15 is 0 Å². The number of nitrogens with zero attached hydrogens (tertiary/aromatic N) is 2. The van der Waals surface area contributed by atoms with Gasteiger partial charge in [-0.15, -0.1) is 0 Å². The Kier molecular flexibility index (Phi) is 3.15. The Morgan fingerprint density at radius 3 is 2.67 bits per heavy atom. The highest BCUT2D eigenvalue weighted by Crippen LogP contribution is 2.24. The van der Waals surface area contributed by atoms with E-state index in [1.54, 1.807) is 0 Å². The molecule has 0 amide bonds. The molecule has 1 saturated heterocycles. The van der Waals surface area contributed by atoms with E-state index in [4.69, 9.17) is 0 Å². The van der Waals surface area contributed by atoms with Crippen molar-refractivity contribution >= 4 is 0 Å². The summed E-state index contributed by atoms with van der Waals surface area (Å²) in [4.78, 5) is 0. The first kappa shape index (κ1) is 11.5. The number of aryl methyl sites for hydroxylation is 1. The average Bonchev–Trinajstić information content (AvgIpc) is 2.86. The van der Waals surface area contributed by atoms with Crippen LogP contribution < -0.4 is 5.32 Å². The third-order valence-electron chi connectivity index (χ3n) is 3.74. The normalized spacial score (nSPS) is 19.9. The summed E-state index contributed by atoms with van der Waals surface area (Å²) in [6.45, 7) is 4.35. The Morgan fingerprint density at radius 2 is 2.06 bits per heavy atom. The van der Waals surface area contributed by atoms with Gasteiger partial charge < -0.3 is 5.32 Å². The van der Waals surface area contributed by atoms with Crippen molar-refractivity contribution < 1.29 is 0 Å². The van der Waals surface area contributed by atoms with Crippen LogP contribution in [0.1, 0.15) is 30.0 Å². The molecule has 94 valence electrons. The first-order chi connectivity index (χ1) is 8.84. The van der Waals surface area contributed by atoms with E-state index in [1.807, 2.05) is 16.9 Å². The van der Waals surface area contributed by atoms with Crippen LogP contribution in [-0.2, 0) is 0 Å². The Balaban J connectivity index is 1.82. The zero-order chi connectivity index (χ0) is 12.4. The van der Waals surface area contributed by atoms with E-state index in [0.717, 1.165) is 12.2 Å². The Hall–Kier alpha value is -1.61. The average molecular weight is 241 g/mol. The summed E-state index contributed by atoms with van der Waals surface area (Å²) in [5.41, 5.74) is 3.75. The van der Waals surface area contributed by atoms with Crippen molar-refractivity contribution in [2.45, 2.75) is 25.7 Å². The summed E-state index contributed by atoms with van der Waals surface area (Å²) in [6, 6.07) is 10.9. The van der Waals surface area contributed by atoms with Gasteiger partial charge in [0.25, 0.3) is 0 Å². The van der Waals surface area contributed by atoms with Crippen LogP contribution in [0, 0.1) is 6.92 Å². The van der Waals surface area contributed by atoms with Gasteiger partial charge in [-0.25, -0.2) is 4.68 Å². The van der Waals surface area contributed by atoms with E-state index in [1.165, 1.54) is 30.6 Å². The summed E-state index contributed by atoms with van der Waals surface area (Å²) in [5.74, 6) is 0.673. The quantitative estimate of drug-likeness (QED) is 0.876. The minimum absolute atomic E-state index is 0.673. The monoisotopic (exact) mass is 241 g/mol. The Bertz CT molecular complexity index is 507. The fourth-order valence-electron chi connectivity index (χ4n) is 2.66. The van der Waals surface area contributed by atoms with Crippen molar-refractivity contribution in [2.24, 2.45) is 0 Å². The molecule has 3 heteroatoms. The first-order valence-corrected chi connectivity index (χ1v) is 6.66. The van der Waals surface area contributed by atoms with Gasteiger partial charge in [0, 0.05) is 18.4 Å². The second kappa shape index (κ2) is 4.94. The fourth-order valence-corrected chi connectivity index (χ4v) is 2.66. The summed E-state index contributed by atoms with van der Waals surface area (Å²) in [5, 5.41) is 7.80. The molecule has 0 aliphatic carbocycles. The van der Waals surface area contributed by atoms with Crippen LogP contribution in [0.2, 0.25) is 0 Å². The van der Waals surface area contributed by atoms with Gasteiger partial charge in [-0.1, -0.05) is 12.1 Å². The maximum atomic E-state index is 4.33. The lowest BCUT2D eigenvalue weighted by molar-refractivity contribution is 0.461. The van der Waals surface area contributed by atoms with Gasteiger partial charge in [0.1, 0.15) is 0 Å². The molecule has 0 spiro atoms. The lowest BCUT2D eigenvalue weighted by atomic mass is 9.92. The standard InChI is InChI=1S/C15H19N3/c1-12-8-10-17-18(12)15-6-4-13(5-7-15)14-3-2-9-16-11-14/h4-8,10,14,16H,2-3,9,11H2,1H3. The van der Waals surface area contributed by atoms with Gasteiger partial charge >= 0.3 is 0 Å². The highest BCUT2D eigenvalue weighted by Gasteiger charge is 2.14.